The van der Waals surface area contributed by atoms with E-state index < -0.39 is 5.54 Å². The third-order valence-electron chi connectivity index (χ3n) is 4.58. The number of ether oxygens (including phenoxy) is 2. The van der Waals surface area contributed by atoms with Gasteiger partial charge in [0, 0.05) is 18.9 Å². The van der Waals surface area contributed by atoms with Gasteiger partial charge in [-0.1, -0.05) is 12.1 Å². The maximum atomic E-state index is 13.2. The van der Waals surface area contributed by atoms with Crippen molar-refractivity contribution in [3.63, 3.8) is 0 Å². The minimum absolute atomic E-state index is 0. The molecule has 0 radical (unpaired) electrons. The number of halogens is 2. The Hall–Kier alpha value is -2.15. The molecule has 0 saturated carbocycles. The van der Waals surface area contributed by atoms with Gasteiger partial charge in [0.05, 0.1) is 0 Å². The Morgan fingerprint density at radius 2 is 2.00 bits per heavy atom. The number of rotatable bonds is 5. The number of amides is 1. The maximum Gasteiger partial charge on any atom is 0.244 e. The van der Waals surface area contributed by atoms with Gasteiger partial charge in [-0.15, -0.1) is 12.4 Å². The molecule has 0 aliphatic carbocycles. The predicted octanol–water partition coefficient (Wildman–Crippen LogP) is 3.58. The standard InChI is InChI=1S/C20H23FN2O3.ClH/c1-14-11-17(26-13-15-3-2-4-16(21)12-15)5-6-18(14)23-19(24)20(22)7-9-25-10-8-20;/h2-6,11-12H,7-10,13,22H2,1H3,(H,23,24);1H. The van der Waals surface area contributed by atoms with Crippen LogP contribution in [0.1, 0.15) is 24.0 Å². The summed E-state index contributed by atoms with van der Waals surface area (Å²) in [5.74, 6) is 0.166. The number of aryl methyl sites for hydroxylation is 1. The van der Waals surface area contributed by atoms with Crippen LogP contribution in [0.5, 0.6) is 5.75 Å². The molecule has 0 bridgehead atoms. The molecule has 0 aromatic heterocycles. The van der Waals surface area contributed by atoms with E-state index in [0.29, 0.717) is 37.5 Å². The highest BCUT2D eigenvalue weighted by atomic mass is 35.5. The van der Waals surface area contributed by atoms with Crippen LogP contribution in [0.2, 0.25) is 0 Å². The summed E-state index contributed by atoms with van der Waals surface area (Å²) in [6, 6.07) is 11.7. The largest absolute Gasteiger partial charge is 0.489 e. The van der Waals surface area contributed by atoms with Gasteiger partial charge in [-0.2, -0.15) is 0 Å². The molecule has 5 nitrogen and oxygen atoms in total. The summed E-state index contributed by atoms with van der Waals surface area (Å²) >= 11 is 0. The van der Waals surface area contributed by atoms with E-state index in [1.807, 2.05) is 13.0 Å². The third-order valence-corrected chi connectivity index (χ3v) is 4.58. The molecular formula is C20H24ClFN2O3. The molecule has 0 unspecified atom stereocenters. The first-order chi connectivity index (χ1) is 12.5. The van der Waals surface area contributed by atoms with Gasteiger partial charge in [-0.25, -0.2) is 4.39 Å². The highest BCUT2D eigenvalue weighted by molar-refractivity contribution is 5.98. The van der Waals surface area contributed by atoms with Crippen LogP contribution < -0.4 is 15.8 Å². The zero-order valence-electron chi connectivity index (χ0n) is 15.2. The molecule has 1 heterocycles. The van der Waals surface area contributed by atoms with Crippen molar-refractivity contribution in [2.75, 3.05) is 18.5 Å². The lowest BCUT2D eigenvalue weighted by Gasteiger charge is -2.32. The first-order valence-electron chi connectivity index (χ1n) is 8.62. The average molecular weight is 395 g/mol. The van der Waals surface area contributed by atoms with Crippen molar-refractivity contribution >= 4 is 24.0 Å². The Balaban J connectivity index is 0.00000261. The van der Waals surface area contributed by atoms with E-state index >= 15 is 0 Å². The third kappa shape index (κ3) is 5.42. The zero-order valence-corrected chi connectivity index (χ0v) is 16.0. The second kappa shape index (κ2) is 9.17. The minimum atomic E-state index is -0.892. The minimum Gasteiger partial charge on any atom is -0.489 e. The second-order valence-corrected chi connectivity index (χ2v) is 6.62. The summed E-state index contributed by atoms with van der Waals surface area (Å²) in [6.45, 7) is 3.15. The van der Waals surface area contributed by atoms with Gasteiger partial charge in [0.2, 0.25) is 5.91 Å². The van der Waals surface area contributed by atoms with Crippen molar-refractivity contribution in [2.24, 2.45) is 5.73 Å². The summed E-state index contributed by atoms with van der Waals surface area (Å²) in [5, 5.41) is 2.90. The van der Waals surface area contributed by atoms with E-state index in [1.165, 1.54) is 12.1 Å². The Kier molecular flexibility index (Phi) is 7.18. The van der Waals surface area contributed by atoms with Gasteiger partial charge >= 0.3 is 0 Å². The first-order valence-corrected chi connectivity index (χ1v) is 8.62. The van der Waals surface area contributed by atoms with Gasteiger partial charge < -0.3 is 20.5 Å². The van der Waals surface area contributed by atoms with E-state index in [0.717, 1.165) is 11.1 Å². The number of nitrogens with two attached hydrogens (primary N) is 1. The van der Waals surface area contributed by atoms with Crippen molar-refractivity contribution in [1.82, 2.24) is 0 Å². The Labute approximate surface area is 164 Å². The molecule has 7 heteroatoms. The SMILES string of the molecule is Cc1cc(OCc2cccc(F)c2)ccc1NC(=O)C1(N)CCOCC1.Cl. The fourth-order valence-corrected chi connectivity index (χ4v) is 2.87. The fraction of sp³-hybridized carbons (Fsp3) is 0.350. The predicted molar refractivity (Wildman–Crippen MR) is 105 cm³/mol. The molecule has 1 fully saturated rings. The van der Waals surface area contributed by atoms with E-state index in [1.54, 1.807) is 24.3 Å². The molecule has 1 aliphatic heterocycles. The van der Waals surface area contributed by atoms with E-state index in [4.69, 9.17) is 15.2 Å². The molecule has 1 amide bonds. The second-order valence-electron chi connectivity index (χ2n) is 6.62. The maximum absolute atomic E-state index is 13.2. The molecule has 1 saturated heterocycles. The molecule has 3 N–H and O–H groups in total. The van der Waals surface area contributed by atoms with Crippen LogP contribution in [0, 0.1) is 12.7 Å². The Morgan fingerprint density at radius 3 is 2.67 bits per heavy atom. The van der Waals surface area contributed by atoms with Gasteiger partial charge in [0.1, 0.15) is 23.7 Å². The molecule has 2 aromatic carbocycles. The number of carbonyl (C=O) groups excluding carboxylic acids is 1. The van der Waals surface area contributed by atoms with Gasteiger partial charge in [0.25, 0.3) is 0 Å². The summed E-state index contributed by atoms with van der Waals surface area (Å²) in [6.07, 6.45) is 1.01. The summed E-state index contributed by atoms with van der Waals surface area (Å²) in [4.78, 5) is 12.5. The highest BCUT2D eigenvalue weighted by Crippen LogP contribution is 2.25. The lowest BCUT2D eigenvalue weighted by molar-refractivity contribution is -0.124. The summed E-state index contributed by atoms with van der Waals surface area (Å²) < 4.78 is 24.2. The molecule has 1 aliphatic rings. The monoisotopic (exact) mass is 394 g/mol. The van der Waals surface area contributed by atoms with E-state index in [-0.39, 0.29) is 30.7 Å². The van der Waals surface area contributed by atoms with Crippen LogP contribution in [-0.4, -0.2) is 24.7 Å². The molecule has 2 aromatic rings. The van der Waals surface area contributed by atoms with Crippen molar-refractivity contribution in [1.29, 1.82) is 0 Å². The van der Waals surface area contributed by atoms with Gasteiger partial charge in [0.15, 0.2) is 0 Å². The van der Waals surface area contributed by atoms with Crippen LogP contribution in [0.3, 0.4) is 0 Å². The van der Waals surface area contributed by atoms with Crippen LogP contribution in [0.4, 0.5) is 10.1 Å². The lowest BCUT2D eigenvalue weighted by Crippen LogP contribution is -2.54. The number of benzene rings is 2. The fourth-order valence-electron chi connectivity index (χ4n) is 2.87. The quantitative estimate of drug-likeness (QED) is 0.812. The number of carbonyl (C=O) groups is 1. The normalized spacial score (nSPS) is 15.5. The van der Waals surface area contributed by atoms with Crippen molar-refractivity contribution in [3.8, 4) is 5.75 Å². The molecule has 3 rings (SSSR count). The van der Waals surface area contributed by atoms with Crippen LogP contribution in [0.25, 0.3) is 0 Å². The number of hydrogen-bond acceptors (Lipinski definition) is 4. The number of nitrogens with one attached hydrogen (secondary N) is 1. The van der Waals surface area contributed by atoms with Gasteiger partial charge in [-0.05, 0) is 61.2 Å². The summed E-state index contributed by atoms with van der Waals surface area (Å²) in [5.41, 5.74) is 7.63. The Morgan fingerprint density at radius 1 is 1.26 bits per heavy atom. The van der Waals surface area contributed by atoms with E-state index in [2.05, 4.69) is 5.32 Å². The highest BCUT2D eigenvalue weighted by Gasteiger charge is 2.36. The molecule has 146 valence electrons. The molecule has 0 atom stereocenters. The zero-order chi connectivity index (χ0) is 18.6. The number of anilines is 1. The van der Waals surface area contributed by atoms with E-state index in [9.17, 15) is 9.18 Å². The lowest BCUT2D eigenvalue weighted by atomic mass is 9.90. The first kappa shape index (κ1) is 21.2. The Bertz CT molecular complexity index is 795. The molecule has 27 heavy (non-hydrogen) atoms. The van der Waals surface area contributed by atoms with Gasteiger partial charge in [-0.3, -0.25) is 4.79 Å². The molecule has 0 spiro atoms. The van der Waals surface area contributed by atoms with Crippen LogP contribution >= 0.6 is 12.4 Å². The summed E-state index contributed by atoms with van der Waals surface area (Å²) in [7, 11) is 0. The number of hydrogen-bond donors (Lipinski definition) is 2. The smallest absolute Gasteiger partial charge is 0.244 e. The van der Waals surface area contributed by atoms with Crippen molar-refractivity contribution in [3.05, 3.63) is 59.4 Å². The van der Waals surface area contributed by atoms with Crippen LogP contribution in [0.15, 0.2) is 42.5 Å². The van der Waals surface area contributed by atoms with Crippen LogP contribution in [-0.2, 0) is 16.1 Å². The topological polar surface area (TPSA) is 73.6 Å². The van der Waals surface area contributed by atoms with Crippen molar-refractivity contribution < 1.29 is 18.7 Å². The molecular weight excluding hydrogens is 371 g/mol. The van der Waals surface area contributed by atoms with Crippen molar-refractivity contribution in [2.45, 2.75) is 31.9 Å². The average Bonchev–Trinajstić information content (AvgIpc) is 2.62.